The minimum absolute atomic E-state index is 0.0567. The number of fused-ring (bicyclic) bond motifs is 1. The second-order valence-corrected chi connectivity index (χ2v) is 7.17. The number of aromatic nitrogens is 1. The van der Waals surface area contributed by atoms with Crippen LogP contribution in [0, 0.1) is 5.82 Å². The van der Waals surface area contributed by atoms with Crippen molar-refractivity contribution in [3.63, 3.8) is 0 Å². The number of methoxy groups -OCH3 is 1. The van der Waals surface area contributed by atoms with Crippen molar-refractivity contribution in [2.45, 2.75) is 0 Å². The SMILES string of the molecule is COc1cccc2cc(C(=O)Nc3nccs3)c(=Nc3cc(Cl)ccc3F)oc12. The molecule has 1 N–H and O–H groups in total. The van der Waals surface area contributed by atoms with E-state index >= 15 is 0 Å². The summed E-state index contributed by atoms with van der Waals surface area (Å²) in [4.78, 5) is 21.1. The number of hydrogen-bond donors (Lipinski definition) is 1. The summed E-state index contributed by atoms with van der Waals surface area (Å²) in [6, 6.07) is 10.8. The number of thiazole rings is 1. The van der Waals surface area contributed by atoms with Crippen LogP contribution in [-0.2, 0) is 0 Å². The first-order valence-corrected chi connectivity index (χ1v) is 9.62. The Hall–Kier alpha value is -3.23. The van der Waals surface area contributed by atoms with Crippen LogP contribution >= 0.6 is 22.9 Å². The fourth-order valence-corrected chi connectivity index (χ4v) is 3.35. The smallest absolute Gasteiger partial charge is 0.262 e. The van der Waals surface area contributed by atoms with Crippen molar-refractivity contribution >= 4 is 50.6 Å². The highest BCUT2D eigenvalue weighted by Crippen LogP contribution is 2.26. The Morgan fingerprint density at radius 2 is 2.17 bits per heavy atom. The Bertz CT molecular complexity index is 1270. The lowest BCUT2D eigenvalue weighted by molar-refractivity contribution is 0.102. The minimum atomic E-state index is -0.601. The lowest BCUT2D eigenvalue weighted by Gasteiger charge is -2.08. The largest absolute Gasteiger partial charge is 0.493 e. The highest BCUT2D eigenvalue weighted by Gasteiger charge is 2.16. The van der Waals surface area contributed by atoms with Crippen LogP contribution in [0.3, 0.4) is 0 Å². The molecule has 0 saturated heterocycles. The summed E-state index contributed by atoms with van der Waals surface area (Å²) in [6.07, 6.45) is 1.57. The van der Waals surface area contributed by atoms with Crippen molar-refractivity contribution in [3.8, 4) is 5.75 Å². The summed E-state index contributed by atoms with van der Waals surface area (Å²) in [7, 11) is 1.50. The monoisotopic (exact) mass is 429 g/mol. The second kappa shape index (κ2) is 8.02. The number of carbonyl (C=O) groups excluding carboxylic acids is 1. The Balaban J connectivity index is 1.95. The number of para-hydroxylation sites is 1. The maximum atomic E-state index is 14.2. The van der Waals surface area contributed by atoms with Crippen molar-refractivity contribution in [2.24, 2.45) is 4.99 Å². The van der Waals surface area contributed by atoms with E-state index in [0.717, 1.165) is 0 Å². The van der Waals surface area contributed by atoms with Crippen LogP contribution in [0.1, 0.15) is 10.4 Å². The van der Waals surface area contributed by atoms with Gasteiger partial charge in [-0.15, -0.1) is 11.3 Å². The average molecular weight is 430 g/mol. The topological polar surface area (TPSA) is 76.7 Å². The van der Waals surface area contributed by atoms with E-state index in [4.69, 9.17) is 20.8 Å². The zero-order chi connectivity index (χ0) is 20.4. The predicted molar refractivity (Wildman–Crippen MR) is 109 cm³/mol. The lowest BCUT2D eigenvalue weighted by Crippen LogP contribution is -2.21. The van der Waals surface area contributed by atoms with E-state index < -0.39 is 11.7 Å². The molecular weight excluding hydrogens is 417 g/mol. The molecule has 0 aliphatic carbocycles. The number of carbonyl (C=O) groups is 1. The van der Waals surface area contributed by atoms with E-state index in [1.54, 1.807) is 35.8 Å². The van der Waals surface area contributed by atoms with E-state index in [1.165, 1.54) is 36.6 Å². The van der Waals surface area contributed by atoms with Gasteiger partial charge in [-0.25, -0.2) is 14.4 Å². The number of ether oxygens (including phenoxy) is 1. The van der Waals surface area contributed by atoms with Gasteiger partial charge in [0, 0.05) is 22.0 Å². The van der Waals surface area contributed by atoms with E-state index in [-0.39, 0.29) is 16.8 Å². The van der Waals surface area contributed by atoms with Gasteiger partial charge >= 0.3 is 0 Å². The van der Waals surface area contributed by atoms with Gasteiger partial charge < -0.3 is 9.15 Å². The number of rotatable bonds is 4. The lowest BCUT2D eigenvalue weighted by atomic mass is 10.1. The van der Waals surface area contributed by atoms with Gasteiger partial charge in [0.15, 0.2) is 16.5 Å². The molecule has 1 amide bonds. The van der Waals surface area contributed by atoms with Crippen LogP contribution in [0.2, 0.25) is 5.02 Å². The fraction of sp³-hybridized carbons (Fsp3) is 0.0500. The standard InChI is InChI=1S/C20H13ClFN3O3S/c1-27-16-4-2-3-11-9-13(18(26)25-20-23-7-8-29-20)19(28-17(11)16)24-15-10-12(21)5-6-14(15)22/h2-10H,1H3,(H,23,25,26). The third-order valence-electron chi connectivity index (χ3n) is 3.99. The van der Waals surface area contributed by atoms with Gasteiger partial charge in [-0.3, -0.25) is 10.1 Å². The van der Waals surface area contributed by atoms with Gasteiger partial charge in [0.1, 0.15) is 17.1 Å². The number of amides is 1. The number of benzene rings is 2. The molecule has 29 heavy (non-hydrogen) atoms. The number of hydrogen-bond acceptors (Lipinski definition) is 6. The molecule has 9 heteroatoms. The molecule has 2 heterocycles. The molecule has 146 valence electrons. The molecule has 0 unspecified atom stereocenters. The minimum Gasteiger partial charge on any atom is -0.493 e. The molecule has 0 atom stereocenters. The highest BCUT2D eigenvalue weighted by molar-refractivity contribution is 7.13. The van der Waals surface area contributed by atoms with E-state index in [2.05, 4.69) is 15.3 Å². The molecule has 6 nitrogen and oxygen atoms in total. The van der Waals surface area contributed by atoms with E-state index in [1.807, 2.05) is 0 Å². The van der Waals surface area contributed by atoms with Crippen LogP contribution in [0.25, 0.3) is 11.0 Å². The van der Waals surface area contributed by atoms with E-state index in [0.29, 0.717) is 26.9 Å². The van der Waals surface area contributed by atoms with Gasteiger partial charge in [0.2, 0.25) is 5.55 Å². The summed E-state index contributed by atoms with van der Waals surface area (Å²) in [6.45, 7) is 0. The summed E-state index contributed by atoms with van der Waals surface area (Å²) >= 11 is 7.23. The molecule has 0 aliphatic heterocycles. The Kier molecular flexibility index (Phi) is 5.28. The van der Waals surface area contributed by atoms with Gasteiger partial charge in [-0.05, 0) is 30.3 Å². The maximum absolute atomic E-state index is 14.2. The van der Waals surface area contributed by atoms with Crippen LogP contribution in [0.15, 0.2) is 63.5 Å². The Morgan fingerprint density at radius 3 is 2.93 bits per heavy atom. The van der Waals surface area contributed by atoms with Gasteiger partial charge in [0.25, 0.3) is 5.91 Å². The van der Waals surface area contributed by atoms with E-state index in [9.17, 15) is 9.18 Å². The third kappa shape index (κ3) is 3.98. The first-order chi connectivity index (χ1) is 14.0. The predicted octanol–water partition coefficient (Wildman–Crippen LogP) is 5.18. The van der Waals surface area contributed by atoms with Gasteiger partial charge in [-0.1, -0.05) is 23.7 Å². The van der Waals surface area contributed by atoms with Crippen LogP contribution in [-0.4, -0.2) is 18.0 Å². The molecule has 4 rings (SSSR count). The quantitative estimate of drug-likeness (QED) is 0.485. The van der Waals surface area contributed by atoms with Crippen molar-refractivity contribution in [3.05, 3.63) is 76.0 Å². The van der Waals surface area contributed by atoms with Crippen molar-refractivity contribution in [2.75, 3.05) is 12.4 Å². The molecule has 0 fully saturated rings. The Morgan fingerprint density at radius 1 is 1.31 bits per heavy atom. The normalized spacial score (nSPS) is 11.6. The molecule has 0 spiro atoms. The molecule has 2 aromatic heterocycles. The van der Waals surface area contributed by atoms with Gasteiger partial charge in [0.05, 0.1) is 7.11 Å². The third-order valence-corrected chi connectivity index (χ3v) is 4.91. The Labute approximate surface area is 173 Å². The van der Waals surface area contributed by atoms with Crippen LogP contribution in [0.4, 0.5) is 15.2 Å². The molecule has 4 aromatic rings. The molecular formula is C20H13ClFN3O3S. The summed E-state index contributed by atoms with van der Waals surface area (Å²) < 4.78 is 25.4. The summed E-state index contributed by atoms with van der Waals surface area (Å²) in [5.41, 5.74) is 0.346. The van der Waals surface area contributed by atoms with Crippen LogP contribution in [0.5, 0.6) is 5.75 Å². The highest BCUT2D eigenvalue weighted by atomic mass is 35.5. The molecule has 0 radical (unpaired) electrons. The summed E-state index contributed by atoms with van der Waals surface area (Å²) in [5.74, 6) is -0.636. The molecule has 0 saturated carbocycles. The second-order valence-electron chi connectivity index (χ2n) is 5.84. The molecule has 0 aliphatic rings. The summed E-state index contributed by atoms with van der Waals surface area (Å²) in [5, 5.41) is 5.76. The van der Waals surface area contributed by atoms with Gasteiger partial charge in [-0.2, -0.15) is 0 Å². The molecule has 0 bridgehead atoms. The number of nitrogens with one attached hydrogen (secondary N) is 1. The first-order valence-electron chi connectivity index (χ1n) is 8.36. The van der Waals surface area contributed by atoms with Crippen molar-refractivity contribution in [1.29, 1.82) is 0 Å². The first kappa shape index (κ1) is 19.1. The van der Waals surface area contributed by atoms with Crippen molar-refractivity contribution in [1.82, 2.24) is 4.98 Å². The number of anilines is 1. The molecule has 2 aromatic carbocycles. The number of halogens is 2. The average Bonchev–Trinajstić information content (AvgIpc) is 3.22. The fourth-order valence-electron chi connectivity index (χ4n) is 2.66. The maximum Gasteiger partial charge on any atom is 0.262 e. The zero-order valence-electron chi connectivity index (χ0n) is 15.0. The number of nitrogens with zero attached hydrogens (tertiary/aromatic N) is 2. The zero-order valence-corrected chi connectivity index (χ0v) is 16.6. The van der Waals surface area contributed by atoms with Crippen molar-refractivity contribution < 1.29 is 18.3 Å². The van der Waals surface area contributed by atoms with Crippen LogP contribution < -0.4 is 15.6 Å².